The number of allylic oxidation sites excluding steroid dienone is 4. The van der Waals surface area contributed by atoms with Crippen molar-refractivity contribution < 1.29 is 4.57 Å². The van der Waals surface area contributed by atoms with E-state index < -0.39 is 0 Å². The molecule has 41 heavy (non-hydrogen) atoms. The van der Waals surface area contributed by atoms with Crippen molar-refractivity contribution in [3.63, 3.8) is 0 Å². The lowest BCUT2D eigenvalue weighted by Gasteiger charge is -2.22. The highest BCUT2D eigenvalue weighted by Gasteiger charge is 2.33. The first kappa shape index (κ1) is 25.9. The van der Waals surface area contributed by atoms with E-state index in [1.54, 1.807) is 0 Å². The second kappa shape index (κ2) is 11.0. The van der Waals surface area contributed by atoms with Crippen LogP contribution in [0.2, 0.25) is 0 Å². The summed E-state index contributed by atoms with van der Waals surface area (Å²) in [6.45, 7) is 18.3. The molecule has 0 bridgehead atoms. The van der Waals surface area contributed by atoms with E-state index in [1.165, 1.54) is 0 Å². The summed E-state index contributed by atoms with van der Waals surface area (Å²) >= 11 is 0. The summed E-state index contributed by atoms with van der Waals surface area (Å²) in [5.74, 6) is 3.48. The fraction of sp³-hybridized carbons (Fsp3) is 0.121. The highest BCUT2D eigenvalue weighted by atomic mass is 15.4. The molecule has 0 spiro atoms. The van der Waals surface area contributed by atoms with E-state index in [-0.39, 0.29) is 0 Å². The quantitative estimate of drug-likeness (QED) is 0.167. The van der Waals surface area contributed by atoms with E-state index in [4.69, 9.17) is 19.9 Å². The molecule has 0 fully saturated rings. The lowest BCUT2D eigenvalue weighted by atomic mass is 10.3. The van der Waals surface area contributed by atoms with Crippen LogP contribution in [0.15, 0.2) is 117 Å². The van der Waals surface area contributed by atoms with E-state index in [1.807, 2.05) is 78.9 Å². The Bertz CT molecular complexity index is 1770. The minimum absolute atomic E-state index is 0.584. The summed E-state index contributed by atoms with van der Waals surface area (Å²) in [4.78, 5) is 24.1. The summed E-state index contributed by atoms with van der Waals surface area (Å²) < 4.78 is 4.26. The van der Waals surface area contributed by atoms with Gasteiger partial charge in [0.2, 0.25) is 5.82 Å². The fourth-order valence-electron chi connectivity index (χ4n) is 5.23. The molecule has 8 heteroatoms. The number of rotatable bonds is 10. The Hall–Kier alpha value is -5.37. The molecule has 4 heterocycles. The third kappa shape index (κ3) is 4.49. The van der Waals surface area contributed by atoms with Crippen LogP contribution < -0.4 is 14.4 Å². The predicted octanol–water partition coefficient (Wildman–Crippen LogP) is 5.74. The second-order valence-electron chi connectivity index (χ2n) is 9.56. The predicted molar refractivity (Wildman–Crippen MR) is 167 cm³/mol. The number of anilines is 2. The molecule has 1 aliphatic rings. The van der Waals surface area contributed by atoms with Crippen LogP contribution in [0.4, 0.5) is 11.6 Å². The number of nitrogens with zero attached hydrogens (tertiary/aromatic N) is 8. The van der Waals surface area contributed by atoms with Gasteiger partial charge in [0.05, 0.1) is 24.1 Å². The van der Waals surface area contributed by atoms with Crippen LogP contribution in [0.3, 0.4) is 0 Å². The topological polar surface area (TPSA) is 66.9 Å². The Morgan fingerprint density at radius 2 is 1.20 bits per heavy atom. The molecule has 0 unspecified atom stereocenters. The number of fused-ring (bicyclic) bond motifs is 4. The molecule has 5 aromatic rings. The Morgan fingerprint density at radius 1 is 0.659 bits per heavy atom. The molecule has 0 atom stereocenters. The van der Waals surface area contributed by atoms with Gasteiger partial charge in [0.25, 0.3) is 5.65 Å². The minimum Gasteiger partial charge on any atom is -0.305 e. The van der Waals surface area contributed by atoms with Crippen molar-refractivity contribution in [1.29, 1.82) is 0 Å². The standard InChI is InChI=1S/C33H31N8/c1-5-20-38-28(39(21-6-2)31-30(38)34-24-14-9-10-15-25(24)35-31)18-13-19-29-40(22-7-3)32-33(41(29)23-8-4)37-27-17-12-11-16-26(27)36-32/h5-19H,1-4,20-23H2/q+1. The van der Waals surface area contributed by atoms with Gasteiger partial charge in [-0.15, -0.1) is 13.2 Å². The lowest BCUT2D eigenvalue weighted by molar-refractivity contribution is -0.665. The summed E-state index contributed by atoms with van der Waals surface area (Å²) in [6.07, 6.45) is 13.7. The minimum atomic E-state index is 0.584. The molecule has 202 valence electrons. The molecule has 0 saturated carbocycles. The van der Waals surface area contributed by atoms with Gasteiger partial charge >= 0.3 is 5.65 Å². The van der Waals surface area contributed by atoms with Gasteiger partial charge in [-0.3, -0.25) is 0 Å². The Morgan fingerprint density at radius 3 is 1.73 bits per heavy atom. The van der Waals surface area contributed by atoms with Gasteiger partial charge in [0.1, 0.15) is 11.3 Å². The van der Waals surface area contributed by atoms with Gasteiger partial charge in [-0.25, -0.2) is 24.1 Å². The molecule has 0 saturated heterocycles. The zero-order chi connectivity index (χ0) is 28.3. The van der Waals surface area contributed by atoms with Crippen molar-refractivity contribution in [2.45, 2.75) is 13.1 Å². The van der Waals surface area contributed by atoms with Crippen LogP contribution in [0, 0.1) is 0 Å². The maximum Gasteiger partial charge on any atom is 0.323 e. The smallest absolute Gasteiger partial charge is 0.305 e. The van der Waals surface area contributed by atoms with E-state index in [2.05, 4.69) is 57.4 Å². The molecular weight excluding hydrogens is 508 g/mol. The van der Waals surface area contributed by atoms with Gasteiger partial charge in [-0.05, 0) is 30.3 Å². The Kier molecular flexibility index (Phi) is 6.95. The first-order chi connectivity index (χ1) is 20.2. The second-order valence-corrected chi connectivity index (χ2v) is 9.56. The zero-order valence-corrected chi connectivity index (χ0v) is 22.9. The SMILES string of the molecule is C=CCN1C(=CC=Cc2n(CC=C)c3nc4ccccc4nc3[n+]2CC=C)N(CC=C)c2nc3ccccc3nc21. The highest BCUT2D eigenvalue weighted by Crippen LogP contribution is 2.39. The summed E-state index contributed by atoms with van der Waals surface area (Å²) in [5, 5.41) is 0. The van der Waals surface area contributed by atoms with Crippen LogP contribution in [-0.4, -0.2) is 37.6 Å². The van der Waals surface area contributed by atoms with Crippen molar-refractivity contribution in [3.8, 4) is 0 Å². The number of hydrogen-bond acceptors (Lipinski definition) is 6. The molecule has 0 N–H and O–H groups in total. The summed E-state index contributed by atoms with van der Waals surface area (Å²) in [7, 11) is 0. The maximum absolute atomic E-state index is 4.97. The summed E-state index contributed by atoms with van der Waals surface area (Å²) in [6, 6.07) is 15.8. The normalized spacial score (nSPS) is 12.9. The number of para-hydroxylation sites is 4. The van der Waals surface area contributed by atoms with Gasteiger partial charge in [-0.2, -0.15) is 0 Å². The monoisotopic (exact) mass is 539 g/mol. The molecule has 2 aromatic carbocycles. The third-order valence-corrected chi connectivity index (χ3v) is 6.94. The fourth-order valence-corrected chi connectivity index (χ4v) is 5.23. The Labute approximate surface area is 238 Å². The van der Waals surface area contributed by atoms with Crippen molar-refractivity contribution in [2.24, 2.45) is 0 Å². The molecule has 8 nitrogen and oxygen atoms in total. The van der Waals surface area contributed by atoms with E-state index in [0.717, 1.165) is 56.6 Å². The lowest BCUT2D eigenvalue weighted by Crippen LogP contribution is -2.36. The van der Waals surface area contributed by atoms with E-state index >= 15 is 0 Å². The van der Waals surface area contributed by atoms with Crippen molar-refractivity contribution >= 4 is 51.1 Å². The number of aromatic nitrogens is 6. The number of imidazole rings is 1. The molecule has 3 aromatic heterocycles. The largest absolute Gasteiger partial charge is 0.323 e. The van der Waals surface area contributed by atoms with Gasteiger partial charge in [0, 0.05) is 19.2 Å². The highest BCUT2D eigenvalue weighted by molar-refractivity contribution is 5.86. The molecule has 6 rings (SSSR count). The first-order valence-corrected chi connectivity index (χ1v) is 13.5. The third-order valence-electron chi connectivity index (χ3n) is 6.94. The maximum atomic E-state index is 4.97. The number of benzene rings is 2. The van der Waals surface area contributed by atoms with Crippen LogP contribution in [0.1, 0.15) is 5.82 Å². The van der Waals surface area contributed by atoms with Gasteiger partial charge in [-0.1, -0.05) is 72.8 Å². The first-order valence-electron chi connectivity index (χ1n) is 13.5. The van der Waals surface area contributed by atoms with Crippen molar-refractivity contribution in [2.75, 3.05) is 22.9 Å². The van der Waals surface area contributed by atoms with Gasteiger partial charge in [0.15, 0.2) is 17.2 Å². The summed E-state index contributed by atoms with van der Waals surface area (Å²) in [5.41, 5.74) is 5.00. The number of hydrogen-bond donors (Lipinski definition) is 0. The van der Waals surface area contributed by atoms with Gasteiger partial charge < -0.3 is 9.80 Å². The Balaban J connectivity index is 1.50. The van der Waals surface area contributed by atoms with Crippen LogP contribution >= 0.6 is 0 Å². The molecule has 0 radical (unpaired) electrons. The van der Waals surface area contributed by atoms with Crippen molar-refractivity contribution in [1.82, 2.24) is 24.5 Å². The van der Waals surface area contributed by atoms with Crippen LogP contribution in [-0.2, 0) is 13.1 Å². The average Bonchev–Trinajstić information content (AvgIpc) is 3.42. The van der Waals surface area contributed by atoms with Crippen LogP contribution in [0.5, 0.6) is 0 Å². The molecule has 0 aliphatic carbocycles. The van der Waals surface area contributed by atoms with E-state index in [0.29, 0.717) is 26.2 Å². The molecule has 1 aliphatic heterocycles. The zero-order valence-electron chi connectivity index (χ0n) is 22.9. The van der Waals surface area contributed by atoms with Crippen molar-refractivity contribution in [3.05, 3.63) is 123 Å². The van der Waals surface area contributed by atoms with E-state index in [9.17, 15) is 0 Å². The average molecular weight is 540 g/mol. The molecular formula is C33H31N8+. The van der Waals surface area contributed by atoms with Crippen LogP contribution in [0.25, 0.3) is 39.4 Å². The molecule has 0 amide bonds.